The van der Waals surface area contributed by atoms with Crippen LogP contribution in [-0.2, 0) is 0 Å². The average molecular weight is 262 g/mol. The van der Waals surface area contributed by atoms with Crippen molar-refractivity contribution in [2.45, 2.75) is 20.3 Å². The highest BCUT2D eigenvalue weighted by Crippen LogP contribution is 2.32. The van der Waals surface area contributed by atoms with E-state index in [1.807, 2.05) is 7.05 Å². The smallest absolute Gasteiger partial charge is 0.142 e. The molecule has 1 saturated heterocycles. The zero-order valence-electron chi connectivity index (χ0n) is 12.4. The van der Waals surface area contributed by atoms with Gasteiger partial charge in [-0.2, -0.15) is 0 Å². The number of nitrogens with zero attached hydrogens (tertiary/aromatic N) is 1. The molecule has 2 rings (SSSR count). The van der Waals surface area contributed by atoms with Crippen LogP contribution in [0.1, 0.15) is 20.3 Å². The third kappa shape index (κ3) is 3.87. The molecule has 0 saturated carbocycles. The second kappa shape index (κ2) is 6.80. The van der Waals surface area contributed by atoms with E-state index in [1.54, 1.807) is 0 Å². The predicted octanol–water partition coefficient (Wildman–Crippen LogP) is 2.77. The number of hydrogen-bond donors (Lipinski definition) is 1. The molecule has 1 aliphatic rings. The van der Waals surface area contributed by atoms with Crippen molar-refractivity contribution in [2.24, 2.45) is 11.8 Å². The van der Waals surface area contributed by atoms with Crippen LogP contribution in [0.4, 0.5) is 5.69 Å². The lowest BCUT2D eigenvalue weighted by atomic mass is 10.1. The molecular weight excluding hydrogens is 236 g/mol. The third-order valence-electron chi connectivity index (χ3n) is 3.56. The van der Waals surface area contributed by atoms with Gasteiger partial charge in [-0.1, -0.05) is 26.0 Å². The van der Waals surface area contributed by atoms with Crippen LogP contribution < -0.4 is 15.0 Å². The first kappa shape index (κ1) is 14.2. The molecule has 0 amide bonds. The van der Waals surface area contributed by atoms with Gasteiger partial charge in [-0.25, -0.2) is 0 Å². The molecule has 1 fully saturated rings. The van der Waals surface area contributed by atoms with Gasteiger partial charge in [-0.05, 0) is 44.0 Å². The van der Waals surface area contributed by atoms with E-state index in [9.17, 15) is 0 Å². The summed E-state index contributed by atoms with van der Waals surface area (Å²) in [5.74, 6) is 2.34. The second-order valence-corrected chi connectivity index (χ2v) is 5.83. The van der Waals surface area contributed by atoms with E-state index < -0.39 is 0 Å². The number of benzene rings is 1. The van der Waals surface area contributed by atoms with Gasteiger partial charge in [0.2, 0.25) is 0 Å². The molecule has 1 atom stereocenters. The van der Waals surface area contributed by atoms with Crippen LogP contribution in [0.2, 0.25) is 0 Å². The highest BCUT2D eigenvalue weighted by molar-refractivity contribution is 5.59. The van der Waals surface area contributed by atoms with E-state index in [-0.39, 0.29) is 0 Å². The molecule has 106 valence electrons. The largest absolute Gasteiger partial charge is 0.491 e. The summed E-state index contributed by atoms with van der Waals surface area (Å²) < 4.78 is 5.95. The molecular formula is C16H26N2O. The Bertz CT molecular complexity index is 392. The SMILES string of the molecule is CNCC1CCN(c2ccccc2OCC(C)C)C1. The summed E-state index contributed by atoms with van der Waals surface area (Å²) in [7, 11) is 2.03. The first-order valence-electron chi connectivity index (χ1n) is 7.32. The Balaban J connectivity index is 2.03. The third-order valence-corrected chi connectivity index (χ3v) is 3.56. The van der Waals surface area contributed by atoms with E-state index in [2.05, 4.69) is 48.3 Å². The highest BCUT2D eigenvalue weighted by atomic mass is 16.5. The van der Waals surface area contributed by atoms with Crippen LogP contribution in [-0.4, -0.2) is 33.3 Å². The molecule has 1 unspecified atom stereocenters. The quantitative estimate of drug-likeness (QED) is 0.853. The lowest BCUT2D eigenvalue weighted by Crippen LogP contribution is -2.24. The van der Waals surface area contributed by atoms with Crippen molar-refractivity contribution in [3.63, 3.8) is 0 Å². The van der Waals surface area contributed by atoms with Crippen LogP contribution >= 0.6 is 0 Å². The van der Waals surface area contributed by atoms with Crippen molar-refractivity contribution in [2.75, 3.05) is 38.2 Å². The first-order valence-corrected chi connectivity index (χ1v) is 7.32. The zero-order chi connectivity index (χ0) is 13.7. The molecule has 1 N–H and O–H groups in total. The molecule has 1 aromatic rings. The molecule has 1 aromatic carbocycles. The van der Waals surface area contributed by atoms with Gasteiger partial charge in [0.05, 0.1) is 12.3 Å². The van der Waals surface area contributed by atoms with Gasteiger partial charge in [0.1, 0.15) is 5.75 Å². The molecule has 0 radical (unpaired) electrons. The lowest BCUT2D eigenvalue weighted by Gasteiger charge is -2.22. The minimum absolute atomic E-state index is 0.559. The van der Waals surface area contributed by atoms with Crippen LogP contribution in [0, 0.1) is 11.8 Å². The average Bonchev–Trinajstić information content (AvgIpc) is 2.85. The summed E-state index contributed by atoms with van der Waals surface area (Å²) in [4.78, 5) is 2.46. The topological polar surface area (TPSA) is 24.5 Å². The van der Waals surface area contributed by atoms with E-state index in [4.69, 9.17) is 4.74 Å². The molecule has 0 aliphatic carbocycles. The van der Waals surface area contributed by atoms with Gasteiger partial charge in [0, 0.05) is 13.1 Å². The molecule has 1 aliphatic heterocycles. The van der Waals surface area contributed by atoms with E-state index in [1.165, 1.54) is 12.1 Å². The normalized spacial score (nSPS) is 19.2. The van der Waals surface area contributed by atoms with Crippen LogP contribution in [0.15, 0.2) is 24.3 Å². The maximum atomic E-state index is 5.95. The van der Waals surface area contributed by atoms with Crippen LogP contribution in [0.3, 0.4) is 0 Å². The molecule has 3 nitrogen and oxygen atoms in total. The Morgan fingerprint density at radius 3 is 2.89 bits per heavy atom. The second-order valence-electron chi connectivity index (χ2n) is 5.83. The first-order chi connectivity index (χ1) is 9.20. The number of ether oxygens (including phenoxy) is 1. The predicted molar refractivity (Wildman–Crippen MR) is 81.0 cm³/mol. The monoisotopic (exact) mass is 262 g/mol. The van der Waals surface area contributed by atoms with Crippen molar-refractivity contribution in [1.82, 2.24) is 5.32 Å². The maximum Gasteiger partial charge on any atom is 0.142 e. The fourth-order valence-corrected chi connectivity index (χ4v) is 2.60. The Morgan fingerprint density at radius 2 is 2.16 bits per heavy atom. The molecule has 0 aromatic heterocycles. The van der Waals surface area contributed by atoms with Gasteiger partial charge in [-0.15, -0.1) is 0 Å². The van der Waals surface area contributed by atoms with E-state index >= 15 is 0 Å². The van der Waals surface area contributed by atoms with Crippen molar-refractivity contribution in [3.05, 3.63) is 24.3 Å². The lowest BCUT2D eigenvalue weighted by molar-refractivity contribution is 0.271. The van der Waals surface area contributed by atoms with Crippen LogP contribution in [0.5, 0.6) is 5.75 Å². The van der Waals surface area contributed by atoms with E-state index in [0.29, 0.717) is 5.92 Å². The van der Waals surface area contributed by atoms with Crippen molar-refractivity contribution < 1.29 is 4.74 Å². The van der Waals surface area contributed by atoms with Gasteiger partial charge < -0.3 is 15.0 Å². The van der Waals surface area contributed by atoms with Gasteiger partial charge in [-0.3, -0.25) is 0 Å². The number of nitrogens with one attached hydrogen (secondary N) is 1. The number of anilines is 1. The summed E-state index contributed by atoms with van der Waals surface area (Å²) in [5.41, 5.74) is 1.25. The minimum atomic E-state index is 0.559. The highest BCUT2D eigenvalue weighted by Gasteiger charge is 2.23. The number of hydrogen-bond acceptors (Lipinski definition) is 3. The van der Waals surface area contributed by atoms with E-state index in [0.717, 1.165) is 37.9 Å². The molecule has 1 heterocycles. The van der Waals surface area contributed by atoms with Gasteiger partial charge >= 0.3 is 0 Å². The van der Waals surface area contributed by atoms with Crippen molar-refractivity contribution in [3.8, 4) is 5.75 Å². The zero-order valence-corrected chi connectivity index (χ0v) is 12.4. The fourth-order valence-electron chi connectivity index (χ4n) is 2.60. The van der Waals surface area contributed by atoms with Crippen LogP contribution in [0.25, 0.3) is 0 Å². The molecule has 3 heteroatoms. The Labute approximate surface area is 116 Å². The molecule has 19 heavy (non-hydrogen) atoms. The Hall–Kier alpha value is -1.22. The summed E-state index contributed by atoms with van der Waals surface area (Å²) in [6, 6.07) is 8.42. The summed E-state index contributed by atoms with van der Waals surface area (Å²) >= 11 is 0. The van der Waals surface area contributed by atoms with Crippen molar-refractivity contribution in [1.29, 1.82) is 0 Å². The summed E-state index contributed by atoms with van der Waals surface area (Å²) in [6.07, 6.45) is 1.26. The molecule has 0 bridgehead atoms. The number of rotatable bonds is 6. The molecule has 0 spiro atoms. The Morgan fingerprint density at radius 1 is 1.37 bits per heavy atom. The summed E-state index contributed by atoms with van der Waals surface area (Å²) in [5, 5.41) is 3.28. The fraction of sp³-hybridized carbons (Fsp3) is 0.625. The van der Waals surface area contributed by atoms with Crippen molar-refractivity contribution >= 4 is 5.69 Å². The minimum Gasteiger partial charge on any atom is -0.491 e. The standard InChI is InChI=1S/C16H26N2O/c1-13(2)12-19-16-7-5-4-6-15(16)18-9-8-14(11-18)10-17-3/h4-7,13-14,17H,8-12H2,1-3H3. The number of para-hydroxylation sites is 2. The summed E-state index contributed by atoms with van der Waals surface area (Å²) in [6.45, 7) is 8.51. The maximum absolute atomic E-state index is 5.95. The Kier molecular flexibility index (Phi) is 5.08. The van der Waals surface area contributed by atoms with Gasteiger partial charge in [0.25, 0.3) is 0 Å². The van der Waals surface area contributed by atoms with Gasteiger partial charge in [0.15, 0.2) is 0 Å².